The lowest BCUT2D eigenvalue weighted by Gasteiger charge is -2.44. The second-order valence-electron chi connectivity index (χ2n) is 8.79. The third kappa shape index (κ3) is 4.53. The number of benzene rings is 1. The molecule has 5 heteroatoms. The van der Waals surface area contributed by atoms with Crippen LogP contribution in [0.5, 0.6) is 0 Å². The molecule has 1 aromatic rings. The molecule has 3 aliphatic heterocycles. The number of hydrogen-bond donors (Lipinski definition) is 1. The molecule has 4 rings (SSSR count). The summed E-state index contributed by atoms with van der Waals surface area (Å²) < 4.78 is 0. The van der Waals surface area contributed by atoms with Crippen molar-refractivity contribution in [1.29, 1.82) is 0 Å². The molecule has 0 aliphatic carbocycles. The molecule has 3 heterocycles. The van der Waals surface area contributed by atoms with Crippen LogP contribution < -0.4 is 5.32 Å². The Morgan fingerprint density at radius 2 is 1.73 bits per heavy atom. The van der Waals surface area contributed by atoms with Gasteiger partial charge < -0.3 is 15.1 Å². The van der Waals surface area contributed by atoms with Crippen molar-refractivity contribution in [3.05, 3.63) is 29.3 Å². The summed E-state index contributed by atoms with van der Waals surface area (Å²) in [5.74, 6) is 0. The van der Waals surface area contributed by atoms with Crippen molar-refractivity contribution in [2.45, 2.75) is 32.7 Å². The van der Waals surface area contributed by atoms with E-state index in [0.717, 1.165) is 13.1 Å². The van der Waals surface area contributed by atoms with Crippen molar-refractivity contribution in [1.82, 2.24) is 14.7 Å². The van der Waals surface area contributed by atoms with Crippen LogP contribution in [0.15, 0.2) is 18.2 Å². The lowest BCUT2D eigenvalue weighted by atomic mass is 9.79. The van der Waals surface area contributed by atoms with Gasteiger partial charge in [-0.15, -0.1) is 12.4 Å². The largest absolute Gasteiger partial charge is 0.384 e. The fourth-order valence-electron chi connectivity index (χ4n) is 4.74. The van der Waals surface area contributed by atoms with E-state index < -0.39 is 0 Å². The molecular weight excluding hydrogens is 344 g/mol. The zero-order chi connectivity index (χ0) is 17.3. The SMILES string of the molecule is CN1CCN(CC2(C)CCN(Cc3cccc4c3NCC4)CC2)CC1.Cl. The molecule has 0 unspecified atom stereocenters. The number of piperidine rings is 1. The molecule has 3 aliphatic rings. The molecule has 0 bridgehead atoms. The molecule has 0 saturated carbocycles. The standard InChI is InChI=1S/C21H34N4.ClH/c1-21(17-25-14-12-23(2)13-15-25)7-10-24(11-8-21)16-19-5-3-4-18-6-9-22-20(18)19;/h3-5,22H,6-17H2,1-2H3;1H. The molecule has 1 N–H and O–H groups in total. The average Bonchev–Trinajstić information content (AvgIpc) is 3.09. The summed E-state index contributed by atoms with van der Waals surface area (Å²) in [4.78, 5) is 7.82. The Kier molecular flexibility index (Phi) is 6.50. The second-order valence-corrected chi connectivity index (χ2v) is 8.79. The van der Waals surface area contributed by atoms with Gasteiger partial charge in [0.2, 0.25) is 0 Å². The molecule has 2 saturated heterocycles. The fourth-order valence-corrected chi connectivity index (χ4v) is 4.74. The number of likely N-dealkylation sites (tertiary alicyclic amines) is 1. The van der Waals surface area contributed by atoms with E-state index in [1.807, 2.05) is 0 Å². The molecule has 1 aromatic carbocycles. The van der Waals surface area contributed by atoms with Gasteiger partial charge in [-0.3, -0.25) is 4.90 Å². The van der Waals surface area contributed by atoms with E-state index in [0.29, 0.717) is 5.41 Å². The van der Waals surface area contributed by atoms with E-state index in [2.05, 4.69) is 52.2 Å². The maximum atomic E-state index is 3.59. The maximum Gasteiger partial charge on any atom is 0.0419 e. The van der Waals surface area contributed by atoms with E-state index >= 15 is 0 Å². The number of likely N-dealkylation sites (N-methyl/N-ethyl adjacent to an activating group) is 1. The van der Waals surface area contributed by atoms with E-state index in [4.69, 9.17) is 0 Å². The number of piperazine rings is 1. The number of anilines is 1. The lowest BCUT2D eigenvalue weighted by Crippen LogP contribution is -2.50. The van der Waals surface area contributed by atoms with Crippen molar-refractivity contribution in [2.24, 2.45) is 5.41 Å². The molecule has 2 fully saturated rings. The Hall–Kier alpha value is -0.810. The fraction of sp³-hybridized carbons (Fsp3) is 0.714. The van der Waals surface area contributed by atoms with Crippen LogP contribution in [0.25, 0.3) is 0 Å². The van der Waals surface area contributed by atoms with Gasteiger partial charge in [0.15, 0.2) is 0 Å². The van der Waals surface area contributed by atoms with E-state index in [1.165, 1.54) is 81.9 Å². The van der Waals surface area contributed by atoms with Crippen LogP contribution in [-0.2, 0) is 13.0 Å². The molecule has 4 nitrogen and oxygen atoms in total. The van der Waals surface area contributed by atoms with Crippen LogP contribution in [0.1, 0.15) is 30.9 Å². The third-order valence-electron chi connectivity index (χ3n) is 6.59. The predicted molar refractivity (Wildman–Crippen MR) is 112 cm³/mol. The summed E-state index contributed by atoms with van der Waals surface area (Å²) in [6, 6.07) is 6.83. The molecule has 0 spiro atoms. The Bertz CT molecular complexity index is 590. The number of fused-ring (bicyclic) bond motifs is 1. The number of para-hydroxylation sites is 1. The smallest absolute Gasteiger partial charge is 0.0419 e. The number of hydrogen-bond acceptors (Lipinski definition) is 4. The van der Waals surface area contributed by atoms with E-state index in [1.54, 1.807) is 0 Å². The van der Waals surface area contributed by atoms with Gasteiger partial charge in [0.05, 0.1) is 0 Å². The normalized spacial score (nSPS) is 23.9. The summed E-state index contributed by atoms with van der Waals surface area (Å²) in [5.41, 5.74) is 4.93. The summed E-state index contributed by atoms with van der Waals surface area (Å²) in [6.45, 7) is 13.5. The van der Waals surface area contributed by atoms with Gasteiger partial charge in [0.25, 0.3) is 0 Å². The highest BCUT2D eigenvalue weighted by molar-refractivity contribution is 5.85. The number of nitrogens with one attached hydrogen (secondary N) is 1. The van der Waals surface area contributed by atoms with Gasteiger partial charge >= 0.3 is 0 Å². The van der Waals surface area contributed by atoms with Gasteiger partial charge in [-0.2, -0.15) is 0 Å². The van der Waals surface area contributed by atoms with E-state index in [-0.39, 0.29) is 12.4 Å². The first-order chi connectivity index (χ1) is 12.1. The molecule has 0 radical (unpaired) electrons. The highest BCUT2D eigenvalue weighted by Crippen LogP contribution is 2.34. The van der Waals surface area contributed by atoms with Crippen LogP contribution in [0.3, 0.4) is 0 Å². The minimum Gasteiger partial charge on any atom is -0.384 e. The van der Waals surface area contributed by atoms with Crippen molar-refractivity contribution >= 4 is 18.1 Å². The highest BCUT2D eigenvalue weighted by atomic mass is 35.5. The molecule has 0 aromatic heterocycles. The molecule has 0 amide bonds. The Morgan fingerprint density at radius 3 is 2.46 bits per heavy atom. The third-order valence-corrected chi connectivity index (χ3v) is 6.59. The van der Waals surface area contributed by atoms with Gasteiger partial charge in [0.1, 0.15) is 0 Å². The quantitative estimate of drug-likeness (QED) is 0.869. The van der Waals surface area contributed by atoms with E-state index in [9.17, 15) is 0 Å². The topological polar surface area (TPSA) is 21.8 Å². The van der Waals surface area contributed by atoms with Gasteiger partial charge in [-0.05, 0) is 55.9 Å². The zero-order valence-electron chi connectivity index (χ0n) is 16.5. The predicted octanol–water partition coefficient (Wildman–Crippen LogP) is 2.93. The van der Waals surface area contributed by atoms with Gasteiger partial charge in [-0.25, -0.2) is 0 Å². The number of rotatable bonds is 4. The van der Waals surface area contributed by atoms with Crippen LogP contribution >= 0.6 is 12.4 Å². The minimum atomic E-state index is 0. The Balaban J connectivity index is 0.00000196. The summed E-state index contributed by atoms with van der Waals surface area (Å²) in [7, 11) is 2.24. The Labute approximate surface area is 165 Å². The summed E-state index contributed by atoms with van der Waals surface area (Å²) in [6.07, 6.45) is 3.86. The van der Waals surface area contributed by atoms with Crippen molar-refractivity contribution in [3.63, 3.8) is 0 Å². The molecule has 0 atom stereocenters. The first-order valence-corrected chi connectivity index (χ1v) is 10.1. The molecule has 26 heavy (non-hydrogen) atoms. The Morgan fingerprint density at radius 1 is 1.00 bits per heavy atom. The van der Waals surface area contributed by atoms with Gasteiger partial charge in [0, 0.05) is 51.5 Å². The van der Waals surface area contributed by atoms with Crippen LogP contribution in [-0.4, -0.2) is 74.1 Å². The van der Waals surface area contributed by atoms with Crippen LogP contribution in [0, 0.1) is 5.41 Å². The first-order valence-electron chi connectivity index (χ1n) is 10.1. The monoisotopic (exact) mass is 378 g/mol. The van der Waals surface area contributed by atoms with Crippen LogP contribution in [0.4, 0.5) is 5.69 Å². The maximum absolute atomic E-state index is 3.59. The summed E-state index contributed by atoms with van der Waals surface area (Å²) >= 11 is 0. The molecule has 146 valence electrons. The minimum absolute atomic E-state index is 0. The van der Waals surface area contributed by atoms with Crippen molar-refractivity contribution in [2.75, 3.05) is 64.7 Å². The van der Waals surface area contributed by atoms with Crippen molar-refractivity contribution in [3.8, 4) is 0 Å². The van der Waals surface area contributed by atoms with Gasteiger partial charge in [-0.1, -0.05) is 25.1 Å². The van der Waals surface area contributed by atoms with Crippen LogP contribution in [0.2, 0.25) is 0 Å². The molecular formula is C21H35ClN4. The number of nitrogens with zero attached hydrogens (tertiary/aromatic N) is 3. The summed E-state index contributed by atoms with van der Waals surface area (Å²) in [5, 5.41) is 3.59. The first kappa shape index (κ1) is 19.9. The van der Waals surface area contributed by atoms with Crippen molar-refractivity contribution < 1.29 is 0 Å². The zero-order valence-corrected chi connectivity index (χ0v) is 17.3. The average molecular weight is 379 g/mol. The lowest BCUT2D eigenvalue weighted by molar-refractivity contribution is 0.0519. The number of halogens is 1. The highest BCUT2D eigenvalue weighted by Gasteiger charge is 2.32. The second kappa shape index (κ2) is 8.47.